The number of nitriles is 1. The van der Waals surface area contributed by atoms with E-state index in [1.165, 1.54) is 11.8 Å². The third kappa shape index (κ3) is 4.31. The molecule has 160 valence electrons. The third-order valence-corrected chi connectivity index (χ3v) is 6.88. The second-order valence-electron chi connectivity index (χ2n) is 7.44. The van der Waals surface area contributed by atoms with Crippen molar-refractivity contribution in [2.45, 2.75) is 32.6 Å². The SMILES string of the molecule is COCCCN1C(=O)/C(=C\c2c(C)c(C#N)c(=O)n(C)c2N2CCCCC2)SC1=S. The molecule has 0 aliphatic carbocycles. The zero-order valence-electron chi connectivity index (χ0n) is 17.6. The molecular formula is C21H26N4O3S2. The van der Waals surface area contributed by atoms with Gasteiger partial charge in [0.1, 0.15) is 21.8 Å². The largest absolute Gasteiger partial charge is 0.385 e. The van der Waals surface area contributed by atoms with Crippen LogP contribution in [0.2, 0.25) is 0 Å². The molecule has 2 fully saturated rings. The van der Waals surface area contributed by atoms with Gasteiger partial charge in [-0.15, -0.1) is 0 Å². The summed E-state index contributed by atoms with van der Waals surface area (Å²) >= 11 is 6.68. The minimum absolute atomic E-state index is 0.111. The van der Waals surface area contributed by atoms with Gasteiger partial charge in [-0.2, -0.15) is 5.26 Å². The Labute approximate surface area is 186 Å². The van der Waals surface area contributed by atoms with Crippen LogP contribution in [0.5, 0.6) is 0 Å². The van der Waals surface area contributed by atoms with Gasteiger partial charge in [0, 0.05) is 46.0 Å². The Morgan fingerprint density at radius 1 is 1.27 bits per heavy atom. The second-order valence-corrected chi connectivity index (χ2v) is 9.12. The Morgan fingerprint density at radius 3 is 2.60 bits per heavy atom. The third-order valence-electron chi connectivity index (χ3n) is 5.50. The van der Waals surface area contributed by atoms with Gasteiger partial charge in [-0.05, 0) is 44.2 Å². The van der Waals surface area contributed by atoms with Crippen molar-refractivity contribution in [2.75, 3.05) is 38.3 Å². The van der Waals surface area contributed by atoms with E-state index in [1.54, 1.807) is 36.6 Å². The molecule has 30 heavy (non-hydrogen) atoms. The Kier molecular flexibility index (Phi) is 7.34. The number of aromatic nitrogens is 1. The van der Waals surface area contributed by atoms with E-state index >= 15 is 0 Å². The number of hydrogen-bond donors (Lipinski definition) is 0. The summed E-state index contributed by atoms with van der Waals surface area (Å²) in [4.78, 5) is 30.0. The molecule has 0 unspecified atom stereocenters. The first-order chi connectivity index (χ1) is 14.4. The predicted octanol–water partition coefficient (Wildman–Crippen LogP) is 2.79. The zero-order chi connectivity index (χ0) is 21.8. The van der Waals surface area contributed by atoms with Crippen LogP contribution in [0.15, 0.2) is 9.70 Å². The summed E-state index contributed by atoms with van der Waals surface area (Å²) in [6.45, 7) is 4.53. The molecule has 3 rings (SSSR count). The number of nitrogens with zero attached hydrogens (tertiary/aromatic N) is 4. The fourth-order valence-electron chi connectivity index (χ4n) is 3.89. The van der Waals surface area contributed by atoms with Crippen LogP contribution in [0, 0.1) is 18.3 Å². The van der Waals surface area contributed by atoms with E-state index in [4.69, 9.17) is 17.0 Å². The summed E-state index contributed by atoms with van der Waals surface area (Å²) < 4.78 is 7.13. The van der Waals surface area contributed by atoms with Gasteiger partial charge in [-0.3, -0.25) is 19.1 Å². The number of thiocarbonyl (C=S) groups is 1. The predicted molar refractivity (Wildman–Crippen MR) is 124 cm³/mol. The van der Waals surface area contributed by atoms with Crippen molar-refractivity contribution in [3.63, 3.8) is 0 Å². The molecule has 2 aliphatic heterocycles. The normalized spacial score (nSPS) is 18.4. The number of carbonyl (C=O) groups is 1. The van der Waals surface area contributed by atoms with Crippen LogP contribution >= 0.6 is 24.0 Å². The summed E-state index contributed by atoms with van der Waals surface area (Å²) in [5.74, 6) is 0.623. The lowest BCUT2D eigenvalue weighted by molar-refractivity contribution is -0.122. The quantitative estimate of drug-likeness (QED) is 0.378. The molecule has 0 radical (unpaired) electrons. The van der Waals surface area contributed by atoms with E-state index in [9.17, 15) is 14.9 Å². The van der Waals surface area contributed by atoms with Crippen LogP contribution in [0.25, 0.3) is 6.08 Å². The number of amides is 1. The first-order valence-corrected chi connectivity index (χ1v) is 11.3. The van der Waals surface area contributed by atoms with Crippen molar-refractivity contribution in [3.05, 3.63) is 31.9 Å². The summed E-state index contributed by atoms with van der Waals surface area (Å²) in [6.07, 6.45) is 5.76. The molecular weight excluding hydrogens is 420 g/mol. The van der Waals surface area contributed by atoms with E-state index in [-0.39, 0.29) is 17.0 Å². The topological polar surface area (TPSA) is 78.6 Å². The molecule has 2 saturated heterocycles. The maximum atomic E-state index is 13.0. The standard InChI is InChI=1S/C21H26N4O3S2/c1-14-15(12-17-20(27)25(21(29)30-17)10-7-11-28-3)18(24-8-5-4-6-9-24)23(2)19(26)16(14)13-22/h12H,4-11H2,1-3H3/b17-12+. The van der Waals surface area contributed by atoms with Crippen molar-refractivity contribution >= 4 is 46.1 Å². The Balaban J connectivity index is 2.07. The van der Waals surface area contributed by atoms with Crippen molar-refractivity contribution in [3.8, 4) is 6.07 Å². The van der Waals surface area contributed by atoms with E-state index < -0.39 is 0 Å². The van der Waals surface area contributed by atoms with Crippen LogP contribution < -0.4 is 10.5 Å². The molecule has 7 nitrogen and oxygen atoms in total. The van der Waals surface area contributed by atoms with Crippen molar-refractivity contribution in [1.82, 2.24) is 9.47 Å². The number of ether oxygens (including phenoxy) is 1. The highest BCUT2D eigenvalue weighted by atomic mass is 32.2. The van der Waals surface area contributed by atoms with Crippen LogP contribution in [-0.4, -0.2) is 53.0 Å². The lowest BCUT2D eigenvalue weighted by Gasteiger charge is -2.32. The highest BCUT2D eigenvalue weighted by Crippen LogP contribution is 2.36. The van der Waals surface area contributed by atoms with Gasteiger partial charge < -0.3 is 9.64 Å². The van der Waals surface area contributed by atoms with Gasteiger partial charge in [-0.1, -0.05) is 24.0 Å². The first kappa shape index (κ1) is 22.5. The smallest absolute Gasteiger partial charge is 0.270 e. The van der Waals surface area contributed by atoms with Crippen LogP contribution in [0.4, 0.5) is 5.82 Å². The minimum atomic E-state index is -0.306. The number of rotatable bonds is 6. The number of methoxy groups -OCH3 is 1. The maximum absolute atomic E-state index is 13.0. The average molecular weight is 447 g/mol. The van der Waals surface area contributed by atoms with Crippen LogP contribution in [0.3, 0.4) is 0 Å². The van der Waals surface area contributed by atoms with Crippen molar-refractivity contribution < 1.29 is 9.53 Å². The Morgan fingerprint density at radius 2 is 1.97 bits per heavy atom. The fraction of sp³-hybridized carbons (Fsp3) is 0.524. The van der Waals surface area contributed by atoms with E-state index in [0.29, 0.717) is 34.4 Å². The molecule has 1 amide bonds. The van der Waals surface area contributed by atoms with Crippen LogP contribution in [-0.2, 0) is 16.6 Å². The summed E-state index contributed by atoms with van der Waals surface area (Å²) in [6, 6.07) is 2.04. The molecule has 0 bridgehead atoms. The van der Waals surface area contributed by atoms with Gasteiger partial charge in [0.05, 0.1) is 4.91 Å². The summed E-state index contributed by atoms with van der Waals surface area (Å²) in [7, 11) is 3.32. The number of anilines is 1. The zero-order valence-corrected chi connectivity index (χ0v) is 19.2. The van der Waals surface area contributed by atoms with Gasteiger partial charge in [0.15, 0.2) is 0 Å². The molecule has 0 spiro atoms. The fourth-order valence-corrected chi connectivity index (χ4v) is 5.18. The molecule has 3 heterocycles. The van der Waals surface area contributed by atoms with E-state index in [1.807, 2.05) is 6.07 Å². The molecule has 0 aromatic carbocycles. The lowest BCUT2D eigenvalue weighted by atomic mass is 10.0. The number of thioether (sulfide) groups is 1. The number of pyridine rings is 1. The monoisotopic (exact) mass is 446 g/mol. The molecule has 1 aromatic heterocycles. The number of hydrogen-bond acceptors (Lipinski definition) is 7. The van der Waals surface area contributed by atoms with Crippen LogP contribution in [0.1, 0.15) is 42.4 Å². The molecule has 0 N–H and O–H groups in total. The Bertz CT molecular complexity index is 987. The van der Waals surface area contributed by atoms with E-state index in [0.717, 1.165) is 43.7 Å². The van der Waals surface area contributed by atoms with Gasteiger partial charge in [0.25, 0.3) is 11.5 Å². The first-order valence-electron chi connectivity index (χ1n) is 10.0. The van der Waals surface area contributed by atoms with E-state index in [2.05, 4.69) is 4.90 Å². The summed E-state index contributed by atoms with van der Waals surface area (Å²) in [5.41, 5.74) is 1.15. The second kappa shape index (κ2) is 9.77. The maximum Gasteiger partial charge on any atom is 0.270 e. The Hall–Kier alpha value is -2.15. The highest BCUT2D eigenvalue weighted by molar-refractivity contribution is 8.26. The highest BCUT2D eigenvalue weighted by Gasteiger charge is 2.33. The molecule has 9 heteroatoms. The van der Waals surface area contributed by atoms with Gasteiger partial charge in [0.2, 0.25) is 0 Å². The minimum Gasteiger partial charge on any atom is -0.385 e. The molecule has 1 aromatic rings. The number of piperidine rings is 1. The number of carbonyl (C=O) groups excluding carboxylic acids is 1. The molecule has 0 saturated carbocycles. The average Bonchev–Trinajstić information content (AvgIpc) is 3.01. The van der Waals surface area contributed by atoms with Crippen molar-refractivity contribution in [1.29, 1.82) is 5.26 Å². The molecule has 2 aliphatic rings. The van der Waals surface area contributed by atoms with Gasteiger partial charge in [-0.25, -0.2) is 0 Å². The summed E-state index contributed by atoms with van der Waals surface area (Å²) in [5, 5.41) is 9.56. The van der Waals surface area contributed by atoms with Gasteiger partial charge >= 0.3 is 0 Å². The lowest BCUT2D eigenvalue weighted by Crippen LogP contribution is -2.36. The molecule has 0 atom stereocenters. The van der Waals surface area contributed by atoms with Crippen molar-refractivity contribution in [2.24, 2.45) is 7.05 Å².